The predicted octanol–water partition coefficient (Wildman–Crippen LogP) is 3.02. The Morgan fingerprint density at radius 2 is 1.96 bits per heavy atom. The summed E-state index contributed by atoms with van der Waals surface area (Å²) in [7, 11) is -3.71. The molecular weight excluding hydrogens is 352 g/mol. The summed E-state index contributed by atoms with van der Waals surface area (Å²) in [5.41, 5.74) is 0.491. The molecule has 8 heteroatoms. The van der Waals surface area contributed by atoms with Gasteiger partial charge in [0.05, 0.1) is 5.52 Å². The van der Waals surface area contributed by atoms with Crippen molar-refractivity contribution in [2.45, 2.75) is 42.5 Å². The van der Waals surface area contributed by atoms with E-state index in [-0.39, 0.29) is 4.90 Å². The maximum atomic E-state index is 13.4. The number of hydrogen-bond acceptors (Lipinski definition) is 6. The minimum Gasteiger partial charge on any atom is -0.338 e. The summed E-state index contributed by atoms with van der Waals surface area (Å²) in [5.74, 6) is 1.48. The second-order valence-corrected chi connectivity index (χ2v) is 8.73. The van der Waals surface area contributed by atoms with E-state index >= 15 is 0 Å². The lowest BCUT2D eigenvalue weighted by Crippen LogP contribution is -2.31. The quantitative estimate of drug-likeness (QED) is 0.701. The van der Waals surface area contributed by atoms with E-state index < -0.39 is 16.1 Å². The molecule has 1 saturated heterocycles. The molecule has 5 rings (SSSR count). The van der Waals surface area contributed by atoms with Gasteiger partial charge in [-0.2, -0.15) is 9.29 Å². The molecule has 26 heavy (non-hydrogen) atoms. The number of hydrogen-bond donors (Lipinski definition) is 0. The molecule has 2 aromatic heterocycles. The number of benzene rings is 1. The van der Waals surface area contributed by atoms with E-state index in [1.54, 1.807) is 24.4 Å². The lowest BCUT2D eigenvalue weighted by atomic mass is 10.2. The molecule has 1 aromatic carbocycles. The van der Waals surface area contributed by atoms with Crippen LogP contribution >= 0.6 is 0 Å². The smallest absolute Gasteiger partial charge is 0.245 e. The van der Waals surface area contributed by atoms with Gasteiger partial charge in [-0.3, -0.25) is 4.98 Å². The van der Waals surface area contributed by atoms with Gasteiger partial charge in [-0.05, 0) is 37.8 Å². The van der Waals surface area contributed by atoms with Crippen LogP contribution in [0.1, 0.15) is 49.4 Å². The summed E-state index contributed by atoms with van der Waals surface area (Å²) in [4.78, 5) is 9.00. The fourth-order valence-corrected chi connectivity index (χ4v) is 5.39. The molecule has 7 nitrogen and oxygen atoms in total. The molecule has 3 aromatic rings. The van der Waals surface area contributed by atoms with Crippen molar-refractivity contribution in [2.75, 3.05) is 6.54 Å². The lowest BCUT2D eigenvalue weighted by Gasteiger charge is -2.21. The first kappa shape index (κ1) is 15.9. The molecule has 1 aliphatic carbocycles. The van der Waals surface area contributed by atoms with Crippen LogP contribution in [0.25, 0.3) is 10.9 Å². The fraction of sp³-hybridized carbons (Fsp3) is 0.389. The van der Waals surface area contributed by atoms with Crippen LogP contribution in [-0.4, -0.2) is 34.4 Å². The number of sulfonamides is 1. The van der Waals surface area contributed by atoms with E-state index in [0.29, 0.717) is 36.1 Å². The van der Waals surface area contributed by atoms with Crippen molar-refractivity contribution in [1.29, 1.82) is 0 Å². The molecule has 1 atom stereocenters. The highest BCUT2D eigenvalue weighted by molar-refractivity contribution is 7.89. The van der Waals surface area contributed by atoms with Gasteiger partial charge < -0.3 is 4.52 Å². The summed E-state index contributed by atoms with van der Waals surface area (Å²) >= 11 is 0. The Balaban J connectivity index is 1.55. The lowest BCUT2D eigenvalue weighted by molar-refractivity contribution is 0.289. The Morgan fingerprint density at radius 1 is 1.12 bits per heavy atom. The molecule has 0 radical (unpaired) electrons. The molecule has 1 saturated carbocycles. The van der Waals surface area contributed by atoms with E-state index in [2.05, 4.69) is 15.1 Å². The highest BCUT2D eigenvalue weighted by Gasteiger charge is 2.41. The van der Waals surface area contributed by atoms with Crippen LogP contribution in [0.15, 0.2) is 45.9 Å². The summed E-state index contributed by atoms with van der Waals surface area (Å²) in [5, 5.41) is 4.85. The van der Waals surface area contributed by atoms with Crippen LogP contribution < -0.4 is 0 Å². The Morgan fingerprint density at radius 3 is 2.81 bits per heavy atom. The fourth-order valence-electron chi connectivity index (χ4n) is 3.58. The van der Waals surface area contributed by atoms with Crippen LogP contribution in [0.4, 0.5) is 0 Å². The topological polar surface area (TPSA) is 89.2 Å². The van der Waals surface area contributed by atoms with E-state index in [9.17, 15) is 8.42 Å². The average molecular weight is 370 g/mol. The Hall–Kier alpha value is -2.32. The molecular formula is C18H18N4O3S. The van der Waals surface area contributed by atoms with Crippen LogP contribution in [0, 0.1) is 0 Å². The van der Waals surface area contributed by atoms with E-state index in [0.717, 1.165) is 24.6 Å². The molecule has 3 heterocycles. The van der Waals surface area contributed by atoms with Gasteiger partial charge in [0.15, 0.2) is 5.82 Å². The third kappa shape index (κ3) is 2.52. The molecule has 0 amide bonds. The van der Waals surface area contributed by atoms with Crippen LogP contribution in [0.3, 0.4) is 0 Å². The zero-order valence-electron chi connectivity index (χ0n) is 14.1. The van der Waals surface area contributed by atoms with Crippen molar-refractivity contribution in [3.05, 3.63) is 48.2 Å². The van der Waals surface area contributed by atoms with Crippen molar-refractivity contribution in [3.63, 3.8) is 0 Å². The van der Waals surface area contributed by atoms with Crippen molar-refractivity contribution in [2.24, 2.45) is 0 Å². The normalized spacial score (nSPS) is 21.5. The first-order valence-corrected chi connectivity index (χ1v) is 10.3. The number of para-hydroxylation sites is 1. The molecule has 0 bridgehead atoms. The Bertz CT molecular complexity index is 1070. The van der Waals surface area contributed by atoms with Crippen LogP contribution in [0.5, 0.6) is 0 Å². The van der Waals surface area contributed by atoms with Gasteiger partial charge in [0.2, 0.25) is 15.9 Å². The van der Waals surface area contributed by atoms with E-state index in [1.807, 2.05) is 12.1 Å². The largest absolute Gasteiger partial charge is 0.338 e. The monoisotopic (exact) mass is 370 g/mol. The zero-order valence-corrected chi connectivity index (χ0v) is 14.9. The minimum absolute atomic E-state index is 0.226. The highest BCUT2D eigenvalue weighted by Crippen LogP contribution is 2.41. The van der Waals surface area contributed by atoms with Crippen LogP contribution in [0.2, 0.25) is 0 Å². The van der Waals surface area contributed by atoms with Crippen molar-refractivity contribution < 1.29 is 12.9 Å². The maximum Gasteiger partial charge on any atom is 0.245 e. The number of pyridine rings is 1. The third-order valence-corrected chi connectivity index (χ3v) is 7.01. The third-order valence-electron chi connectivity index (χ3n) is 5.07. The minimum atomic E-state index is -3.71. The van der Waals surface area contributed by atoms with Crippen molar-refractivity contribution in [1.82, 2.24) is 19.4 Å². The second-order valence-electron chi connectivity index (χ2n) is 6.87. The van der Waals surface area contributed by atoms with Gasteiger partial charge in [0, 0.05) is 24.0 Å². The molecule has 1 aliphatic heterocycles. The Kier molecular flexibility index (Phi) is 3.58. The van der Waals surface area contributed by atoms with Crippen molar-refractivity contribution >= 4 is 20.9 Å². The molecule has 0 N–H and O–H groups in total. The Labute approximate surface area is 151 Å². The van der Waals surface area contributed by atoms with E-state index in [1.165, 1.54) is 4.31 Å². The van der Waals surface area contributed by atoms with Gasteiger partial charge >= 0.3 is 0 Å². The summed E-state index contributed by atoms with van der Waals surface area (Å²) in [6.07, 6.45) is 5.22. The molecule has 2 aliphatic rings. The van der Waals surface area contributed by atoms with Crippen LogP contribution in [-0.2, 0) is 10.0 Å². The first-order chi connectivity index (χ1) is 12.6. The van der Waals surface area contributed by atoms with Crippen molar-refractivity contribution in [3.8, 4) is 0 Å². The van der Waals surface area contributed by atoms with Gasteiger partial charge in [0.25, 0.3) is 0 Å². The first-order valence-electron chi connectivity index (χ1n) is 8.84. The number of nitrogens with zero attached hydrogens (tertiary/aromatic N) is 4. The molecule has 1 unspecified atom stereocenters. The highest BCUT2D eigenvalue weighted by atomic mass is 32.2. The predicted molar refractivity (Wildman–Crippen MR) is 93.9 cm³/mol. The van der Waals surface area contributed by atoms with Gasteiger partial charge in [-0.1, -0.05) is 23.4 Å². The maximum absolute atomic E-state index is 13.4. The summed E-state index contributed by atoms with van der Waals surface area (Å²) in [6, 6.07) is 8.49. The molecule has 2 fully saturated rings. The number of aromatic nitrogens is 3. The summed E-state index contributed by atoms with van der Waals surface area (Å²) in [6.45, 7) is 0.442. The second kappa shape index (κ2) is 5.85. The van der Waals surface area contributed by atoms with Gasteiger partial charge in [-0.15, -0.1) is 0 Å². The standard InChI is InChI=1S/C18H18N4O3S/c23-26(24,15-7-1-4-12-5-2-10-19-16(12)15)22-11-3-6-14(22)18-20-17(21-25-18)13-8-9-13/h1-2,4-5,7,10,13-14H,3,6,8-9,11H2. The number of rotatable bonds is 4. The van der Waals surface area contributed by atoms with E-state index in [4.69, 9.17) is 4.52 Å². The summed E-state index contributed by atoms with van der Waals surface area (Å²) < 4.78 is 33.7. The SMILES string of the molecule is O=S(=O)(c1cccc2cccnc12)N1CCCC1c1nc(C2CC2)no1. The average Bonchev–Trinajstić information content (AvgIpc) is 3.19. The number of fused-ring (bicyclic) bond motifs is 1. The zero-order chi connectivity index (χ0) is 17.7. The molecule has 134 valence electrons. The molecule has 0 spiro atoms. The van der Waals surface area contributed by atoms with Gasteiger partial charge in [-0.25, -0.2) is 8.42 Å². The van der Waals surface area contributed by atoms with Gasteiger partial charge in [0.1, 0.15) is 10.9 Å².